The van der Waals surface area contributed by atoms with Gasteiger partial charge in [0.1, 0.15) is 0 Å². The second kappa shape index (κ2) is 5.54. The van der Waals surface area contributed by atoms with Gasteiger partial charge in [-0.25, -0.2) is 0 Å². The number of anilines is 1. The molecule has 0 spiro atoms. The highest BCUT2D eigenvalue weighted by molar-refractivity contribution is 7.80. The van der Waals surface area contributed by atoms with Gasteiger partial charge >= 0.3 is 0 Å². The van der Waals surface area contributed by atoms with Crippen LogP contribution in [0.3, 0.4) is 0 Å². The topological polar surface area (TPSA) is 36.4 Å². The number of hydrogen-bond acceptors (Lipinski definition) is 2. The van der Waals surface area contributed by atoms with E-state index in [0.717, 1.165) is 29.1 Å². The molecule has 0 bridgehead atoms. The van der Waals surface area contributed by atoms with Crippen LogP contribution in [-0.2, 0) is 0 Å². The molecular formula is C15H16ClN3S. The number of nitrogens with one attached hydrogen (secondary N) is 2. The summed E-state index contributed by atoms with van der Waals surface area (Å²) in [5.41, 5.74) is 6.03. The first kappa shape index (κ1) is 13.6. The van der Waals surface area contributed by atoms with Gasteiger partial charge in [0.15, 0.2) is 5.11 Å². The standard InChI is InChI=1S/C15H16ClN3S/c1-9-12(16)6-3-7-13(9)17-15(20)19-18-14-8-10-4-2-5-11(10)14/h2-4,6-7,10-11H,5,8H2,1H3,(H2,17,19,20)/b18-14-/t10-,11-/m1/s1. The zero-order valence-electron chi connectivity index (χ0n) is 11.2. The van der Waals surface area contributed by atoms with Gasteiger partial charge in [0.25, 0.3) is 0 Å². The number of allylic oxidation sites excluding steroid dienone is 2. The smallest absolute Gasteiger partial charge is 0.191 e. The van der Waals surface area contributed by atoms with Crippen molar-refractivity contribution in [1.29, 1.82) is 0 Å². The van der Waals surface area contributed by atoms with E-state index in [0.29, 0.717) is 16.9 Å². The summed E-state index contributed by atoms with van der Waals surface area (Å²) in [5.74, 6) is 1.30. The van der Waals surface area contributed by atoms with Crippen molar-refractivity contribution in [3.05, 3.63) is 40.9 Å². The molecule has 1 saturated carbocycles. The number of halogens is 1. The molecule has 2 aliphatic carbocycles. The Kier molecular flexibility index (Phi) is 3.76. The molecule has 0 amide bonds. The molecule has 1 aromatic rings. The lowest BCUT2D eigenvalue weighted by Crippen LogP contribution is -2.36. The highest BCUT2D eigenvalue weighted by Crippen LogP contribution is 2.40. The minimum Gasteiger partial charge on any atom is -0.331 e. The minimum absolute atomic E-state index is 0.497. The largest absolute Gasteiger partial charge is 0.331 e. The normalized spacial score (nSPS) is 25.2. The van der Waals surface area contributed by atoms with E-state index in [2.05, 4.69) is 28.0 Å². The Balaban J connectivity index is 1.58. The quantitative estimate of drug-likeness (QED) is 0.494. The summed E-state index contributed by atoms with van der Waals surface area (Å²) < 4.78 is 0. The summed E-state index contributed by atoms with van der Waals surface area (Å²) in [5, 5.41) is 8.76. The van der Waals surface area contributed by atoms with Gasteiger partial charge in [-0.3, -0.25) is 5.43 Å². The molecule has 0 unspecified atom stereocenters. The summed E-state index contributed by atoms with van der Waals surface area (Å²) in [6.07, 6.45) is 6.69. The van der Waals surface area contributed by atoms with Gasteiger partial charge < -0.3 is 5.32 Å². The van der Waals surface area contributed by atoms with E-state index in [4.69, 9.17) is 23.8 Å². The number of hydrogen-bond donors (Lipinski definition) is 2. The molecular weight excluding hydrogens is 290 g/mol. The Morgan fingerprint density at radius 1 is 1.45 bits per heavy atom. The number of rotatable bonds is 2. The van der Waals surface area contributed by atoms with Crippen molar-refractivity contribution in [2.45, 2.75) is 19.8 Å². The highest BCUT2D eigenvalue weighted by atomic mass is 35.5. The third-order valence-corrected chi connectivity index (χ3v) is 4.58. The van der Waals surface area contributed by atoms with Gasteiger partial charge in [-0.1, -0.05) is 29.8 Å². The average molecular weight is 306 g/mol. The van der Waals surface area contributed by atoms with Gasteiger partial charge in [-0.2, -0.15) is 5.10 Å². The molecule has 0 saturated heterocycles. The van der Waals surface area contributed by atoms with Gasteiger partial charge in [0, 0.05) is 22.3 Å². The Morgan fingerprint density at radius 3 is 3.10 bits per heavy atom. The molecule has 3 nitrogen and oxygen atoms in total. The van der Waals surface area contributed by atoms with Crippen LogP contribution in [0.15, 0.2) is 35.5 Å². The molecule has 0 heterocycles. The third kappa shape index (κ3) is 2.58. The third-order valence-electron chi connectivity index (χ3n) is 3.98. The molecule has 0 aliphatic heterocycles. The van der Waals surface area contributed by atoms with E-state index in [9.17, 15) is 0 Å². The maximum Gasteiger partial charge on any atom is 0.191 e. The molecule has 20 heavy (non-hydrogen) atoms. The molecule has 104 valence electrons. The number of benzene rings is 1. The van der Waals surface area contributed by atoms with E-state index >= 15 is 0 Å². The van der Waals surface area contributed by atoms with Crippen LogP contribution in [0.5, 0.6) is 0 Å². The van der Waals surface area contributed by atoms with Crippen molar-refractivity contribution >= 4 is 40.3 Å². The van der Waals surface area contributed by atoms with Gasteiger partial charge in [-0.05, 0) is 55.6 Å². The Bertz CT molecular complexity index is 609. The second-order valence-electron chi connectivity index (χ2n) is 5.22. The van der Waals surface area contributed by atoms with Gasteiger partial charge in [-0.15, -0.1) is 0 Å². The molecule has 3 rings (SSSR count). The molecule has 5 heteroatoms. The predicted octanol–water partition coefficient (Wildman–Crippen LogP) is 3.89. The Hall–Kier alpha value is -1.39. The maximum atomic E-state index is 6.08. The fourth-order valence-corrected chi connectivity index (χ4v) is 3.01. The lowest BCUT2D eigenvalue weighted by atomic mass is 9.74. The van der Waals surface area contributed by atoms with Crippen LogP contribution < -0.4 is 10.7 Å². The van der Waals surface area contributed by atoms with E-state index in [1.165, 1.54) is 5.71 Å². The first-order chi connectivity index (χ1) is 9.65. The van der Waals surface area contributed by atoms with Crippen LogP contribution in [0.1, 0.15) is 18.4 Å². The summed E-state index contributed by atoms with van der Waals surface area (Å²) in [6.45, 7) is 1.96. The summed E-state index contributed by atoms with van der Waals surface area (Å²) in [4.78, 5) is 0. The predicted molar refractivity (Wildman–Crippen MR) is 88.3 cm³/mol. The van der Waals surface area contributed by atoms with E-state index in [1.807, 2.05) is 25.1 Å². The zero-order valence-corrected chi connectivity index (χ0v) is 12.8. The van der Waals surface area contributed by atoms with E-state index < -0.39 is 0 Å². The van der Waals surface area contributed by atoms with Crippen molar-refractivity contribution in [2.75, 3.05) is 5.32 Å². The van der Waals surface area contributed by atoms with Crippen molar-refractivity contribution in [3.63, 3.8) is 0 Å². The van der Waals surface area contributed by atoms with Gasteiger partial charge in [0.05, 0.1) is 0 Å². The number of nitrogens with zero attached hydrogens (tertiary/aromatic N) is 1. The maximum absolute atomic E-state index is 6.08. The van der Waals surface area contributed by atoms with Crippen LogP contribution in [0, 0.1) is 18.8 Å². The Labute approximate surface area is 129 Å². The first-order valence-corrected chi connectivity index (χ1v) is 7.49. The monoisotopic (exact) mass is 305 g/mol. The molecule has 2 atom stereocenters. The fraction of sp³-hybridized carbons (Fsp3) is 0.333. The SMILES string of the molecule is Cc1c(Cl)cccc1NC(=S)N/N=C1/C[C@H]2C=CC[C@@H]12. The van der Waals surface area contributed by atoms with Gasteiger partial charge in [0.2, 0.25) is 0 Å². The van der Waals surface area contributed by atoms with Crippen molar-refractivity contribution in [1.82, 2.24) is 5.43 Å². The molecule has 2 N–H and O–H groups in total. The molecule has 1 fully saturated rings. The molecule has 0 radical (unpaired) electrons. The highest BCUT2D eigenvalue weighted by Gasteiger charge is 2.37. The minimum atomic E-state index is 0.497. The first-order valence-electron chi connectivity index (χ1n) is 6.70. The zero-order chi connectivity index (χ0) is 14.1. The number of hydrazone groups is 1. The van der Waals surface area contributed by atoms with E-state index in [1.54, 1.807) is 0 Å². The summed E-state index contributed by atoms with van der Waals surface area (Å²) in [6, 6.07) is 5.70. The second-order valence-corrected chi connectivity index (χ2v) is 6.04. The number of thiocarbonyl (C=S) groups is 1. The van der Waals surface area contributed by atoms with Crippen molar-refractivity contribution in [3.8, 4) is 0 Å². The van der Waals surface area contributed by atoms with Crippen LogP contribution >= 0.6 is 23.8 Å². The van der Waals surface area contributed by atoms with Crippen molar-refractivity contribution < 1.29 is 0 Å². The van der Waals surface area contributed by atoms with Crippen LogP contribution in [-0.4, -0.2) is 10.8 Å². The lowest BCUT2D eigenvalue weighted by Gasteiger charge is -2.31. The van der Waals surface area contributed by atoms with Crippen LogP contribution in [0.25, 0.3) is 0 Å². The molecule has 2 aliphatic rings. The lowest BCUT2D eigenvalue weighted by molar-refractivity contribution is 0.463. The summed E-state index contributed by atoms with van der Waals surface area (Å²) >= 11 is 11.3. The molecule has 0 aromatic heterocycles. The van der Waals surface area contributed by atoms with Crippen LogP contribution in [0.2, 0.25) is 5.02 Å². The fourth-order valence-electron chi connectivity index (χ4n) is 2.68. The van der Waals surface area contributed by atoms with E-state index in [-0.39, 0.29) is 0 Å². The average Bonchev–Trinajstić information content (AvgIpc) is 2.77. The Morgan fingerprint density at radius 2 is 2.30 bits per heavy atom. The molecule has 1 aromatic carbocycles. The van der Waals surface area contributed by atoms with Crippen molar-refractivity contribution in [2.24, 2.45) is 16.9 Å². The number of fused-ring (bicyclic) bond motifs is 1. The van der Waals surface area contributed by atoms with Crippen LogP contribution in [0.4, 0.5) is 5.69 Å². The summed E-state index contributed by atoms with van der Waals surface area (Å²) in [7, 11) is 0.